The number of hydrogen-bond donors (Lipinski definition) is 1. The standard InChI is InChI=1S/C33H38Cl2N2O5S/c34-29-13-12-26(22-30(29)35)33(16-7-18-37(24-33)32(39)25-8-3-1-4-9-25)17-21-42-31(36-19-14-27(38)15-20-36)23-43(40,41)28-10-5-2-6-11-28/h1-6,8-13,22,27,31,38H,7,14-21,23-24H2. The van der Waals surface area contributed by atoms with Crippen LogP contribution in [0.3, 0.4) is 0 Å². The number of carbonyl (C=O) groups excluding carboxylic acids is 1. The summed E-state index contributed by atoms with van der Waals surface area (Å²) in [5, 5.41) is 11.0. The highest BCUT2D eigenvalue weighted by Crippen LogP contribution is 2.40. The van der Waals surface area contributed by atoms with Crippen LogP contribution in [-0.2, 0) is 20.0 Å². The average molecular weight is 646 g/mol. The first-order chi connectivity index (χ1) is 20.7. The number of aliphatic hydroxyl groups excluding tert-OH is 1. The number of hydrogen-bond acceptors (Lipinski definition) is 6. The number of aliphatic hydroxyl groups is 1. The van der Waals surface area contributed by atoms with Gasteiger partial charge < -0.3 is 14.7 Å². The van der Waals surface area contributed by atoms with Gasteiger partial charge in [-0.25, -0.2) is 8.42 Å². The first kappa shape index (κ1) is 31.9. The maximum absolute atomic E-state index is 13.5. The second-order valence-electron chi connectivity index (χ2n) is 11.5. The van der Waals surface area contributed by atoms with Gasteiger partial charge in [-0.2, -0.15) is 0 Å². The number of likely N-dealkylation sites (tertiary alicyclic amines) is 2. The summed E-state index contributed by atoms with van der Waals surface area (Å²) >= 11 is 12.8. The van der Waals surface area contributed by atoms with Gasteiger partial charge in [0.25, 0.3) is 5.91 Å². The van der Waals surface area contributed by atoms with Gasteiger partial charge in [-0.05, 0) is 74.1 Å². The molecule has 5 rings (SSSR count). The third kappa shape index (κ3) is 7.80. The Balaban J connectivity index is 1.38. The number of benzene rings is 3. The monoisotopic (exact) mass is 644 g/mol. The van der Waals surface area contributed by atoms with E-state index in [-0.39, 0.29) is 23.2 Å². The van der Waals surface area contributed by atoms with Gasteiger partial charge in [0.2, 0.25) is 0 Å². The van der Waals surface area contributed by atoms with Gasteiger partial charge >= 0.3 is 0 Å². The lowest BCUT2D eigenvalue weighted by Crippen LogP contribution is -2.50. The Hall–Kier alpha value is -2.46. The lowest BCUT2D eigenvalue weighted by molar-refractivity contribution is -0.0726. The molecular formula is C33H38Cl2N2O5S. The summed E-state index contributed by atoms with van der Waals surface area (Å²) in [5.41, 5.74) is 1.16. The highest BCUT2D eigenvalue weighted by Gasteiger charge is 2.40. The number of piperidine rings is 2. The number of carbonyl (C=O) groups is 1. The van der Waals surface area contributed by atoms with Crippen LogP contribution in [0.15, 0.2) is 83.8 Å². The summed E-state index contributed by atoms with van der Waals surface area (Å²) in [5.74, 6) is -0.213. The normalized spacial score (nSPS) is 21.0. The van der Waals surface area contributed by atoms with Gasteiger partial charge in [-0.1, -0.05) is 65.7 Å². The van der Waals surface area contributed by atoms with E-state index in [1.165, 1.54) is 0 Å². The second kappa shape index (κ2) is 14.1. The number of amides is 1. The molecule has 2 aliphatic rings. The molecule has 0 spiro atoms. The fraction of sp³-hybridized carbons (Fsp3) is 0.424. The van der Waals surface area contributed by atoms with Crippen molar-refractivity contribution in [2.24, 2.45) is 0 Å². The molecule has 43 heavy (non-hydrogen) atoms. The van der Waals surface area contributed by atoms with Crippen LogP contribution in [0.2, 0.25) is 10.0 Å². The van der Waals surface area contributed by atoms with E-state index in [9.17, 15) is 18.3 Å². The second-order valence-corrected chi connectivity index (χ2v) is 14.4. The summed E-state index contributed by atoms with van der Waals surface area (Å²) in [6, 6.07) is 23.3. The number of halogens is 2. The Kier molecular flexibility index (Phi) is 10.5. The molecule has 1 N–H and O–H groups in total. The van der Waals surface area contributed by atoms with Crippen LogP contribution in [0.4, 0.5) is 0 Å². The summed E-state index contributed by atoms with van der Waals surface area (Å²) in [6.07, 6.45) is 2.24. The van der Waals surface area contributed by atoms with Crippen LogP contribution in [0.1, 0.15) is 48.0 Å². The Morgan fingerprint density at radius 2 is 1.63 bits per heavy atom. The first-order valence-electron chi connectivity index (χ1n) is 14.8. The van der Waals surface area contributed by atoms with Crippen molar-refractivity contribution < 1.29 is 23.1 Å². The van der Waals surface area contributed by atoms with Crippen molar-refractivity contribution in [1.29, 1.82) is 0 Å². The summed E-state index contributed by atoms with van der Waals surface area (Å²) in [6.45, 7) is 2.50. The van der Waals surface area contributed by atoms with Crippen molar-refractivity contribution in [3.8, 4) is 0 Å². The lowest BCUT2D eigenvalue weighted by Gasteiger charge is -2.44. The van der Waals surface area contributed by atoms with Crippen LogP contribution >= 0.6 is 23.2 Å². The Labute approximate surface area is 264 Å². The van der Waals surface area contributed by atoms with Crippen LogP contribution in [0.5, 0.6) is 0 Å². The van der Waals surface area contributed by atoms with Crippen molar-refractivity contribution in [2.45, 2.75) is 54.7 Å². The van der Waals surface area contributed by atoms with Crippen molar-refractivity contribution in [2.75, 3.05) is 38.5 Å². The zero-order valence-electron chi connectivity index (χ0n) is 24.1. The van der Waals surface area contributed by atoms with Gasteiger partial charge in [0.05, 0.1) is 26.8 Å². The molecular weight excluding hydrogens is 607 g/mol. The zero-order chi connectivity index (χ0) is 30.5. The molecule has 2 unspecified atom stereocenters. The molecule has 2 aliphatic heterocycles. The Morgan fingerprint density at radius 1 is 0.953 bits per heavy atom. The molecule has 2 atom stereocenters. The predicted octanol–water partition coefficient (Wildman–Crippen LogP) is 5.83. The van der Waals surface area contributed by atoms with Gasteiger partial charge in [0.15, 0.2) is 9.84 Å². The van der Waals surface area contributed by atoms with Gasteiger partial charge in [-0.3, -0.25) is 9.69 Å². The highest BCUT2D eigenvalue weighted by molar-refractivity contribution is 7.91. The molecule has 0 bridgehead atoms. The highest BCUT2D eigenvalue weighted by atomic mass is 35.5. The van der Waals surface area contributed by atoms with E-state index in [0.29, 0.717) is 61.1 Å². The summed E-state index contributed by atoms with van der Waals surface area (Å²) in [7, 11) is -3.62. The van der Waals surface area contributed by atoms with Crippen molar-refractivity contribution >= 4 is 38.9 Å². The van der Waals surface area contributed by atoms with E-state index in [0.717, 1.165) is 18.4 Å². The maximum atomic E-state index is 13.5. The molecule has 0 aliphatic carbocycles. The van der Waals surface area contributed by atoms with Crippen molar-refractivity contribution in [3.05, 3.63) is 100 Å². The minimum absolute atomic E-state index is 0.0237. The molecule has 0 aromatic heterocycles. The smallest absolute Gasteiger partial charge is 0.253 e. The van der Waals surface area contributed by atoms with Gasteiger partial charge in [0.1, 0.15) is 6.23 Å². The van der Waals surface area contributed by atoms with Gasteiger partial charge in [-0.15, -0.1) is 0 Å². The van der Waals surface area contributed by atoms with Crippen molar-refractivity contribution in [3.63, 3.8) is 0 Å². The molecule has 1 amide bonds. The van der Waals surface area contributed by atoms with E-state index in [2.05, 4.69) is 0 Å². The first-order valence-corrected chi connectivity index (χ1v) is 17.2. The molecule has 3 aromatic rings. The molecule has 230 valence electrons. The molecule has 2 fully saturated rings. The fourth-order valence-electron chi connectivity index (χ4n) is 6.21. The molecule has 2 saturated heterocycles. The van der Waals surface area contributed by atoms with E-state index in [4.69, 9.17) is 27.9 Å². The van der Waals surface area contributed by atoms with Gasteiger partial charge in [0, 0.05) is 43.8 Å². The fourth-order valence-corrected chi connectivity index (χ4v) is 7.96. The minimum atomic E-state index is -3.62. The molecule has 7 nitrogen and oxygen atoms in total. The maximum Gasteiger partial charge on any atom is 0.253 e. The third-order valence-corrected chi connectivity index (χ3v) is 11.1. The van der Waals surface area contributed by atoms with Crippen LogP contribution in [0, 0.1) is 0 Å². The van der Waals surface area contributed by atoms with Crippen LogP contribution in [-0.4, -0.2) is 80.1 Å². The summed E-state index contributed by atoms with van der Waals surface area (Å²) < 4.78 is 33.2. The number of rotatable bonds is 10. The van der Waals surface area contributed by atoms with E-state index in [1.807, 2.05) is 52.3 Å². The van der Waals surface area contributed by atoms with Crippen LogP contribution in [0.25, 0.3) is 0 Å². The third-order valence-electron chi connectivity index (χ3n) is 8.68. The molecule has 0 radical (unpaired) electrons. The average Bonchev–Trinajstić information content (AvgIpc) is 3.03. The SMILES string of the molecule is O=C(c1ccccc1)N1CCCC(CCOC(CS(=O)(=O)c2ccccc2)N2CCC(O)CC2)(c2ccc(Cl)c(Cl)c2)C1. The van der Waals surface area contributed by atoms with Crippen molar-refractivity contribution in [1.82, 2.24) is 9.80 Å². The molecule has 2 heterocycles. The molecule has 3 aromatic carbocycles. The number of nitrogens with zero attached hydrogens (tertiary/aromatic N) is 2. The van der Waals surface area contributed by atoms with E-state index in [1.54, 1.807) is 36.4 Å². The summed E-state index contributed by atoms with van der Waals surface area (Å²) in [4.78, 5) is 17.7. The zero-order valence-corrected chi connectivity index (χ0v) is 26.4. The molecule has 0 saturated carbocycles. The largest absolute Gasteiger partial charge is 0.393 e. The Morgan fingerprint density at radius 3 is 2.30 bits per heavy atom. The lowest BCUT2D eigenvalue weighted by atomic mass is 9.71. The quantitative estimate of drug-likeness (QED) is 0.299. The predicted molar refractivity (Wildman–Crippen MR) is 169 cm³/mol. The minimum Gasteiger partial charge on any atom is -0.393 e. The topological polar surface area (TPSA) is 87.2 Å². The van der Waals surface area contributed by atoms with Crippen LogP contribution < -0.4 is 0 Å². The number of sulfone groups is 1. The Bertz CT molecular complexity index is 1480. The number of ether oxygens (including phenoxy) is 1. The van der Waals surface area contributed by atoms with E-state index >= 15 is 0 Å². The van der Waals surface area contributed by atoms with E-state index < -0.39 is 27.6 Å². The molecule has 10 heteroatoms.